The summed E-state index contributed by atoms with van der Waals surface area (Å²) in [6.07, 6.45) is 3.27. The van der Waals surface area contributed by atoms with E-state index in [0.29, 0.717) is 29.7 Å². The summed E-state index contributed by atoms with van der Waals surface area (Å²) in [7, 11) is 3.21. The molecule has 2 aromatic heterocycles. The van der Waals surface area contributed by atoms with E-state index in [9.17, 15) is 0 Å². The lowest BCUT2D eigenvalue weighted by molar-refractivity contribution is 0.355. The largest absolute Gasteiger partial charge is 0.493 e. The Morgan fingerprint density at radius 1 is 0.880 bits per heavy atom. The van der Waals surface area contributed by atoms with Crippen molar-refractivity contribution in [3.05, 3.63) is 60.7 Å². The Balaban J connectivity index is 1.69. The number of rotatable bonds is 7. The van der Waals surface area contributed by atoms with Gasteiger partial charge in [0.1, 0.15) is 18.0 Å². The number of hydrogen-bond acceptors (Lipinski definition) is 7. The number of ether oxygens (including phenoxy) is 2. The first-order valence-corrected chi connectivity index (χ1v) is 7.73. The van der Waals surface area contributed by atoms with Gasteiger partial charge in [-0.15, -0.1) is 0 Å². The molecule has 0 aliphatic rings. The highest BCUT2D eigenvalue weighted by Gasteiger charge is 2.06. The third-order valence-corrected chi connectivity index (χ3v) is 3.50. The van der Waals surface area contributed by atoms with Crippen LogP contribution in [0.2, 0.25) is 0 Å². The first-order chi connectivity index (χ1) is 12.3. The first-order valence-electron chi connectivity index (χ1n) is 7.73. The Morgan fingerprint density at radius 2 is 1.72 bits per heavy atom. The van der Waals surface area contributed by atoms with Crippen LogP contribution in [0.4, 0.5) is 17.3 Å². The molecular weight excluding hydrogens is 318 g/mol. The molecule has 3 rings (SSSR count). The maximum Gasteiger partial charge on any atom is 0.162 e. The molecule has 2 heterocycles. The molecule has 0 saturated carbocycles. The second-order valence-electron chi connectivity index (χ2n) is 5.16. The minimum Gasteiger partial charge on any atom is -0.493 e. The highest BCUT2D eigenvalue weighted by Crippen LogP contribution is 2.30. The van der Waals surface area contributed by atoms with Gasteiger partial charge < -0.3 is 20.1 Å². The zero-order valence-electron chi connectivity index (χ0n) is 14.1. The van der Waals surface area contributed by atoms with Crippen LogP contribution in [-0.4, -0.2) is 29.2 Å². The molecule has 0 spiro atoms. The highest BCUT2D eigenvalue weighted by atomic mass is 16.5. The van der Waals surface area contributed by atoms with E-state index in [1.54, 1.807) is 20.4 Å². The lowest BCUT2D eigenvalue weighted by atomic mass is 10.2. The molecular formula is C18H19N5O2. The molecule has 0 aliphatic heterocycles. The Morgan fingerprint density at radius 3 is 2.48 bits per heavy atom. The molecule has 0 radical (unpaired) electrons. The molecule has 25 heavy (non-hydrogen) atoms. The van der Waals surface area contributed by atoms with Gasteiger partial charge in [0.15, 0.2) is 11.5 Å². The molecule has 128 valence electrons. The minimum atomic E-state index is 0.591. The smallest absolute Gasteiger partial charge is 0.162 e. The van der Waals surface area contributed by atoms with Gasteiger partial charge in [0.25, 0.3) is 0 Å². The fourth-order valence-electron chi connectivity index (χ4n) is 2.27. The monoisotopic (exact) mass is 337 g/mol. The SMILES string of the molecule is COc1ccc(Nc2cc(NCc3ccccn3)ncn2)cc1OC. The van der Waals surface area contributed by atoms with Crippen LogP contribution in [0.5, 0.6) is 11.5 Å². The summed E-state index contributed by atoms with van der Waals surface area (Å²) in [5, 5.41) is 6.46. The summed E-state index contributed by atoms with van der Waals surface area (Å²) in [5.41, 5.74) is 1.78. The van der Waals surface area contributed by atoms with E-state index < -0.39 is 0 Å². The number of aromatic nitrogens is 3. The van der Waals surface area contributed by atoms with Crippen LogP contribution in [0.25, 0.3) is 0 Å². The predicted molar refractivity (Wildman–Crippen MR) is 96.4 cm³/mol. The van der Waals surface area contributed by atoms with Crippen molar-refractivity contribution in [2.45, 2.75) is 6.54 Å². The third-order valence-electron chi connectivity index (χ3n) is 3.50. The van der Waals surface area contributed by atoms with Crippen LogP contribution in [0, 0.1) is 0 Å². The van der Waals surface area contributed by atoms with Gasteiger partial charge in [-0.2, -0.15) is 0 Å². The van der Waals surface area contributed by atoms with Crippen LogP contribution in [0.1, 0.15) is 5.69 Å². The lowest BCUT2D eigenvalue weighted by Gasteiger charge is -2.11. The van der Waals surface area contributed by atoms with E-state index >= 15 is 0 Å². The summed E-state index contributed by atoms with van der Waals surface area (Å²) >= 11 is 0. The van der Waals surface area contributed by atoms with Gasteiger partial charge in [-0.1, -0.05) is 6.07 Å². The van der Waals surface area contributed by atoms with Crippen molar-refractivity contribution in [2.24, 2.45) is 0 Å². The van der Waals surface area contributed by atoms with E-state index in [-0.39, 0.29) is 0 Å². The lowest BCUT2D eigenvalue weighted by Crippen LogP contribution is -2.04. The molecule has 0 atom stereocenters. The van der Waals surface area contributed by atoms with Crippen molar-refractivity contribution >= 4 is 17.3 Å². The maximum atomic E-state index is 5.31. The summed E-state index contributed by atoms with van der Waals surface area (Å²) in [6.45, 7) is 0.591. The van der Waals surface area contributed by atoms with Crippen molar-refractivity contribution in [3.8, 4) is 11.5 Å². The minimum absolute atomic E-state index is 0.591. The van der Waals surface area contributed by atoms with Gasteiger partial charge >= 0.3 is 0 Å². The van der Waals surface area contributed by atoms with E-state index in [1.165, 1.54) is 6.33 Å². The summed E-state index contributed by atoms with van der Waals surface area (Å²) in [4.78, 5) is 12.7. The topological polar surface area (TPSA) is 81.2 Å². The molecule has 7 nitrogen and oxygen atoms in total. The molecule has 0 amide bonds. The Kier molecular flexibility index (Phi) is 5.26. The van der Waals surface area contributed by atoms with Crippen LogP contribution in [0.3, 0.4) is 0 Å². The van der Waals surface area contributed by atoms with Crippen molar-refractivity contribution in [2.75, 3.05) is 24.9 Å². The standard InChI is InChI=1S/C18H19N5O2/c1-24-15-7-6-13(9-16(15)25-2)23-18-10-17(21-12-22-18)20-11-14-5-3-4-8-19-14/h3-10,12H,11H2,1-2H3,(H2,20,21,22,23). The van der Waals surface area contributed by atoms with Gasteiger partial charge in [0.05, 0.1) is 26.5 Å². The third kappa shape index (κ3) is 4.35. The summed E-state index contributed by atoms with van der Waals surface area (Å²) in [6, 6.07) is 13.2. The van der Waals surface area contributed by atoms with Crippen molar-refractivity contribution in [1.82, 2.24) is 15.0 Å². The second kappa shape index (κ2) is 7.96. The molecule has 0 saturated heterocycles. The van der Waals surface area contributed by atoms with E-state index in [0.717, 1.165) is 11.4 Å². The van der Waals surface area contributed by atoms with Gasteiger partial charge in [0.2, 0.25) is 0 Å². The first kappa shape index (κ1) is 16.5. The average molecular weight is 337 g/mol. The van der Waals surface area contributed by atoms with Crippen LogP contribution >= 0.6 is 0 Å². The number of nitrogens with one attached hydrogen (secondary N) is 2. The molecule has 7 heteroatoms. The molecule has 1 aromatic carbocycles. The highest BCUT2D eigenvalue weighted by molar-refractivity contribution is 5.62. The number of anilines is 3. The van der Waals surface area contributed by atoms with Gasteiger partial charge in [-0.3, -0.25) is 4.98 Å². The molecule has 2 N–H and O–H groups in total. The quantitative estimate of drug-likeness (QED) is 0.685. The second-order valence-corrected chi connectivity index (χ2v) is 5.16. The van der Waals surface area contributed by atoms with Crippen LogP contribution < -0.4 is 20.1 Å². The molecule has 0 unspecified atom stereocenters. The number of benzene rings is 1. The zero-order valence-corrected chi connectivity index (χ0v) is 14.1. The Hall–Kier alpha value is -3.35. The van der Waals surface area contributed by atoms with Gasteiger partial charge in [0, 0.05) is 24.0 Å². The van der Waals surface area contributed by atoms with E-state index in [2.05, 4.69) is 25.6 Å². The van der Waals surface area contributed by atoms with Crippen molar-refractivity contribution in [1.29, 1.82) is 0 Å². The summed E-state index contributed by atoms with van der Waals surface area (Å²) in [5.74, 6) is 2.71. The van der Waals surface area contributed by atoms with Crippen LogP contribution in [-0.2, 0) is 6.54 Å². The zero-order chi connectivity index (χ0) is 17.5. The maximum absolute atomic E-state index is 5.31. The molecule has 0 fully saturated rings. The number of nitrogens with zero attached hydrogens (tertiary/aromatic N) is 3. The fourth-order valence-corrected chi connectivity index (χ4v) is 2.27. The number of pyridine rings is 1. The van der Waals surface area contributed by atoms with Gasteiger partial charge in [-0.05, 0) is 24.3 Å². The predicted octanol–water partition coefficient (Wildman–Crippen LogP) is 3.24. The van der Waals surface area contributed by atoms with Crippen molar-refractivity contribution < 1.29 is 9.47 Å². The fraction of sp³-hybridized carbons (Fsp3) is 0.167. The Labute approximate surface area is 146 Å². The van der Waals surface area contributed by atoms with Gasteiger partial charge in [-0.25, -0.2) is 9.97 Å². The normalized spacial score (nSPS) is 10.2. The van der Waals surface area contributed by atoms with Crippen molar-refractivity contribution in [3.63, 3.8) is 0 Å². The van der Waals surface area contributed by atoms with E-state index in [4.69, 9.17) is 9.47 Å². The van der Waals surface area contributed by atoms with Crippen LogP contribution in [0.15, 0.2) is 55.0 Å². The molecule has 0 bridgehead atoms. The average Bonchev–Trinajstić information content (AvgIpc) is 2.67. The summed E-state index contributed by atoms with van der Waals surface area (Å²) < 4.78 is 10.5. The molecule has 3 aromatic rings. The number of hydrogen-bond donors (Lipinski definition) is 2. The number of methoxy groups -OCH3 is 2. The molecule has 0 aliphatic carbocycles. The van der Waals surface area contributed by atoms with E-state index in [1.807, 2.05) is 42.5 Å². The Bertz CT molecular complexity index is 827.